The maximum Gasteiger partial charge on any atom is 0.330 e. The number of carbonyl (C=O) groups is 2. The van der Waals surface area contributed by atoms with Crippen molar-refractivity contribution in [2.75, 3.05) is 12.4 Å². The van der Waals surface area contributed by atoms with Crippen molar-refractivity contribution in [3.8, 4) is 11.5 Å². The number of anilines is 1. The first-order valence-electron chi connectivity index (χ1n) is 11.5. The number of hydrogen-bond acceptors (Lipinski definition) is 6. The Hall–Kier alpha value is -4.08. The van der Waals surface area contributed by atoms with Gasteiger partial charge < -0.3 is 15.8 Å². The normalized spacial score (nSPS) is 14.9. The van der Waals surface area contributed by atoms with Crippen molar-refractivity contribution in [3.63, 3.8) is 0 Å². The van der Waals surface area contributed by atoms with Crippen LogP contribution >= 0.6 is 0 Å². The van der Waals surface area contributed by atoms with Gasteiger partial charge in [-0.3, -0.25) is 14.2 Å². The average Bonchev–Trinajstić information content (AvgIpc) is 3.23. The molecule has 10 heteroatoms. The highest BCUT2D eigenvalue weighted by molar-refractivity contribution is 6.03. The number of carbonyl (C=O) groups excluding carboxylic acids is 2. The standard InChI is InChI=1S/C25H28N4O6/c1-3-16-7-9-20(22(13-16)34-2)27-24(31)28-15-19(25(23(26)30)11-5-4-6-12-25)18-14-17(35-29(32)33)8-10-21(18)28/h7-10,13-15H,3-6,11-12H2,1-2H3,(H2,26,30)(H,27,31). The number of benzene rings is 2. The number of nitrogens with one attached hydrogen (secondary N) is 1. The van der Waals surface area contributed by atoms with Crippen molar-refractivity contribution < 1.29 is 24.3 Å². The Morgan fingerprint density at radius 2 is 1.91 bits per heavy atom. The van der Waals surface area contributed by atoms with E-state index in [1.165, 1.54) is 23.8 Å². The van der Waals surface area contributed by atoms with Crippen LogP contribution in [0.4, 0.5) is 10.5 Å². The number of fused-ring (bicyclic) bond motifs is 1. The molecule has 0 saturated heterocycles. The molecule has 2 amide bonds. The van der Waals surface area contributed by atoms with E-state index >= 15 is 0 Å². The molecule has 0 bridgehead atoms. The third-order valence-electron chi connectivity index (χ3n) is 6.78. The summed E-state index contributed by atoms with van der Waals surface area (Å²) in [6.07, 6.45) is 6.11. The van der Waals surface area contributed by atoms with Gasteiger partial charge in [-0.15, -0.1) is 10.1 Å². The van der Waals surface area contributed by atoms with E-state index in [4.69, 9.17) is 10.5 Å². The Labute approximate surface area is 202 Å². The van der Waals surface area contributed by atoms with Gasteiger partial charge in [0.05, 0.1) is 23.7 Å². The van der Waals surface area contributed by atoms with Gasteiger partial charge in [0.15, 0.2) is 0 Å². The molecule has 1 heterocycles. The van der Waals surface area contributed by atoms with Crippen LogP contribution in [0.3, 0.4) is 0 Å². The van der Waals surface area contributed by atoms with Crippen LogP contribution in [-0.4, -0.2) is 28.7 Å². The highest BCUT2D eigenvalue weighted by Crippen LogP contribution is 2.44. The third-order valence-corrected chi connectivity index (χ3v) is 6.78. The van der Waals surface area contributed by atoms with E-state index < -0.39 is 22.4 Å². The number of nitrogens with zero attached hydrogens (tertiary/aromatic N) is 2. The average molecular weight is 481 g/mol. The molecule has 0 radical (unpaired) electrons. The summed E-state index contributed by atoms with van der Waals surface area (Å²) >= 11 is 0. The lowest BCUT2D eigenvalue weighted by molar-refractivity contribution is -0.711. The minimum Gasteiger partial charge on any atom is -0.495 e. The minimum atomic E-state index is -0.976. The Morgan fingerprint density at radius 3 is 2.54 bits per heavy atom. The lowest BCUT2D eigenvalue weighted by Gasteiger charge is -2.34. The summed E-state index contributed by atoms with van der Waals surface area (Å²) < 4.78 is 6.84. The Kier molecular flexibility index (Phi) is 6.63. The van der Waals surface area contributed by atoms with Crippen LogP contribution in [-0.2, 0) is 16.6 Å². The number of methoxy groups -OCH3 is 1. The summed E-state index contributed by atoms with van der Waals surface area (Å²) in [5, 5.41) is 13.4. The fraction of sp³-hybridized carbons (Fsp3) is 0.360. The van der Waals surface area contributed by atoms with Gasteiger partial charge in [-0.25, -0.2) is 4.79 Å². The van der Waals surface area contributed by atoms with Gasteiger partial charge in [-0.1, -0.05) is 32.3 Å². The van der Waals surface area contributed by atoms with E-state index in [1.807, 2.05) is 19.1 Å². The molecule has 1 fully saturated rings. The van der Waals surface area contributed by atoms with Gasteiger partial charge in [0.25, 0.3) is 5.09 Å². The monoisotopic (exact) mass is 480 g/mol. The molecule has 0 unspecified atom stereocenters. The largest absolute Gasteiger partial charge is 0.495 e. The molecule has 1 aliphatic rings. The first-order valence-corrected chi connectivity index (χ1v) is 11.5. The SMILES string of the molecule is CCc1ccc(NC(=O)n2cc(C3(C(N)=O)CCCCC3)c3cc(O[N+](=O)[O-])ccc32)c(OC)c1. The maximum absolute atomic E-state index is 13.4. The number of aromatic nitrogens is 1. The Morgan fingerprint density at radius 1 is 1.17 bits per heavy atom. The van der Waals surface area contributed by atoms with Crippen LogP contribution in [0.25, 0.3) is 10.9 Å². The van der Waals surface area contributed by atoms with E-state index in [0.29, 0.717) is 40.7 Å². The van der Waals surface area contributed by atoms with Crippen molar-refractivity contribution in [2.24, 2.45) is 5.73 Å². The smallest absolute Gasteiger partial charge is 0.330 e. The first-order chi connectivity index (χ1) is 16.8. The number of nitrogens with two attached hydrogens (primary N) is 1. The van der Waals surface area contributed by atoms with Crippen molar-refractivity contribution in [2.45, 2.75) is 50.9 Å². The van der Waals surface area contributed by atoms with E-state index in [-0.39, 0.29) is 5.75 Å². The molecule has 1 aliphatic carbocycles. The van der Waals surface area contributed by atoms with Crippen molar-refractivity contribution in [3.05, 3.63) is 63.8 Å². The maximum atomic E-state index is 13.4. The molecular formula is C25H28N4O6. The van der Waals surface area contributed by atoms with Gasteiger partial charge in [0.1, 0.15) is 11.5 Å². The lowest BCUT2D eigenvalue weighted by atomic mass is 9.69. The van der Waals surface area contributed by atoms with Crippen LogP contribution in [0.2, 0.25) is 0 Å². The second kappa shape index (κ2) is 9.65. The highest BCUT2D eigenvalue weighted by Gasteiger charge is 2.42. The fourth-order valence-electron chi connectivity index (χ4n) is 4.94. The van der Waals surface area contributed by atoms with Crippen molar-refractivity contribution in [1.29, 1.82) is 0 Å². The Bertz CT molecular complexity index is 1290. The zero-order valence-electron chi connectivity index (χ0n) is 19.7. The summed E-state index contributed by atoms with van der Waals surface area (Å²) in [4.78, 5) is 41.7. The van der Waals surface area contributed by atoms with Gasteiger partial charge >= 0.3 is 6.03 Å². The number of aryl methyl sites for hydroxylation is 1. The van der Waals surface area contributed by atoms with Crippen LogP contribution in [0, 0.1) is 10.1 Å². The summed E-state index contributed by atoms with van der Waals surface area (Å²) in [6.45, 7) is 2.03. The molecule has 35 heavy (non-hydrogen) atoms. The molecule has 4 rings (SSSR count). The molecule has 1 saturated carbocycles. The number of rotatable bonds is 7. The van der Waals surface area contributed by atoms with Gasteiger partial charge in [-0.2, -0.15) is 0 Å². The minimum absolute atomic E-state index is 0.00541. The molecule has 1 aromatic heterocycles. The summed E-state index contributed by atoms with van der Waals surface area (Å²) in [5.74, 6) is 0.0418. The number of primary amides is 1. The third kappa shape index (κ3) is 4.51. The van der Waals surface area contributed by atoms with Gasteiger partial charge in [-0.05, 0) is 60.7 Å². The van der Waals surface area contributed by atoms with Crippen LogP contribution in [0.15, 0.2) is 42.6 Å². The molecule has 3 N–H and O–H groups in total. The topological polar surface area (TPSA) is 139 Å². The number of ether oxygens (including phenoxy) is 1. The molecular weight excluding hydrogens is 452 g/mol. The second-order valence-electron chi connectivity index (χ2n) is 8.73. The summed E-state index contributed by atoms with van der Waals surface area (Å²) in [5.41, 5.74) is 7.54. The quantitative estimate of drug-likeness (QED) is 0.376. The van der Waals surface area contributed by atoms with Crippen molar-refractivity contribution in [1.82, 2.24) is 4.57 Å². The van der Waals surface area contributed by atoms with E-state index in [1.54, 1.807) is 18.3 Å². The molecule has 10 nitrogen and oxygen atoms in total. The molecule has 3 aromatic rings. The second-order valence-corrected chi connectivity index (χ2v) is 8.73. The summed E-state index contributed by atoms with van der Waals surface area (Å²) in [7, 11) is 1.53. The van der Waals surface area contributed by atoms with E-state index in [9.17, 15) is 19.7 Å². The predicted octanol–water partition coefficient (Wildman–Crippen LogP) is 4.55. The Balaban J connectivity index is 1.83. The molecule has 0 aliphatic heterocycles. The van der Waals surface area contributed by atoms with Crippen LogP contribution in [0.1, 0.15) is 50.2 Å². The molecule has 184 valence electrons. The van der Waals surface area contributed by atoms with Crippen LogP contribution in [0.5, 0.6) is 11.5 Å². The number of hydrogen-bond donors (Lipinski definition) is 2. The van der Waals surface area contributed by atoms with Gasteiger partial charge in [0, 0.05) is 11.6 Å². The van der Waals surface area contributed by atoms with Crippen LogP contribution < -0.4 is 20.6 Å². The highest BCUT2D eigenvalue weighted by atomic mass is 17.0. The summed E-state index contributed by atoms with van der Waals surface area (Å²) in [6, 6.07) is 9.52. The zero-order valence-corrected chi connectivity index (χ0v) is 19.7. The predicted molar refractivity (Wildman–Crippen MR) is 130 cm³/mol. The zero-order chi connectivity index (χ0) is 25.2. The molecule has 0 spiro atoms. The van der Waals surface area contributed by atoms with Crippen molar-refractivity contribution >= 4 is 28.5 Å². The molecule has 0 atom stereocenters. The molecule has 2 aromatic carbocycles. The van der Waals surface area contributed by atoms with E-state index in [0.717, 1.165) is 31.2 Å². The van der Waals surface area contributed by atoms with Gasteiger partial charge in [0.2, 0.25) is 5.91 Å². The fourth-order valence-corrected chi connectivity index (χ4v) is 4.94. The van der Waals surface area contributed by atoms with E-state index in [2.05, 4.69) is 10.2 Å². The lowest BCUT2D eigenvalue weighted by Crippen LogP contribution is -2.42. The first kappa shape index (κ1) is 24.1. The number of amides is 2.